The normalized spacial score (nSPS) is 10.6. The molecule has 4 heteroatoms. The van der Waals surface area contributed by atoms with Crippen molar-refractivity contribution in [2.75, 3.05) is 0 Å². The molecule has 2 nitrogen and oxygen atoms in total. The second kappa shape index (κ2) is 4.25. The minimum atomic E-state index is 0.655. The molecule has 0 atom stereocenters. The molecule has 0 aliphatic heterocycles. The minimum Gasteiger partial charge on any atom is -0.315 e. The minimum absolute atomic E-state index is 0.655. The zero-order valence-electron chi connectivity index (χ0n) is 8.24. The topological polar surface area (TPSA) is 17.8 Å². The Morgan fingerprint density at radius 3 is 2.47 bits per heavy atom. The van der Waals surface area contributed by atoms with Gasteiger partial charge in [0.25, 0.3) is 0 Å². The molecule has 0 radical (unpaired) electrons. The Morgan fingerprint density at radius 2 is 1.87 bits per heavy atom. The summed E-state index contributed by atoms with van der Waals surface area (Å²) < 4.78 is 1.95. The SMILES string of the molecule is CCn1c(Cl)cnc1-c1ccc(Cl)cc1. The van der Waals surface area contributed by atoms with Crippen LogP contribution in [0.15, 0.2) is 30.5 Å². The van der Waals surface area contributed by atoms with Gasteiger partial charge in [0, 0.05) is 17.1 Å². The molecular formula is C11H10Cl2N2. The summed E-state index contributed by atoms with van der Waals surface area (Å²) in [6.07, 6.45) is 1.66. The van der Waals surface area contributed by atoms with Gasteiger partial charge in [0.15, 0.2) is 0 Å². The summed E-state index contributed by atoms with van der Waals surface area (Å²) in [6.45, 7) is 2.84. The number of halogens is 2. The summed E-state index contributed by atoms with van der Waals surface area (Å²) >= 11 is 11.8. The molecule has 1 heterocycles. The molecule has 78 valence electrons. The first-order chi connectivity index (χ1) is 7.22. The first-order valence-corrected chi connectivity index (χ1v) is 5.45. The van der Waals surface area contributed by atoms with Crippen molar-refractivity contribution in [2.45, 2.75) is 13.5 Å². The molecule has 1 aromatic carbocycles. The molecule has 1 aromatic heterocycles. The lowest BCUT2D eigenvalue weighted by Crippen LogP contribution is -1.97. The maximum Gasteiger partial charge on any atom is 0.141 e. The van der Waals surface area contributed by atoms with Crippen LogP contribution in [-0.2, 0) is 6.54 Å². The van der Waals surface area contributed by atoms with E-state index in [1.165, 1.54) is 0 Å². The molecule has 0 amide bonds. The second-order valence-electron chi connectivity index (χ2n) is 3.16. The van der Waals surface area contributed by atoms with E-state index in [0.29, 0.717) is 5.15 Å². The van der Waals surface area contributed by atoms with Gasteiger partial charge in [-0.15, -0.1) is 0 Å². The summed E-state index contributed by atoms with van der Waals surface area (Å²) in [7, 11) is 0. The van der Waals surface area contributed by atoms with Gasteiger partial charge in [0.05, 0.1) is 6.20 Å². The van der Waals surface area contributed by atoms with Crippen LogP contribution in [0.2, 0.25) is 10.2 Å². The van der Waals surface area contributed by atoms with E-state index in [1.54, 1.807) is 6.20 Å². The smallest absolute Gasteiger partial charge is 0.141 e. The lowest BCUT2D eigenvalue weighted by Gasteiger charge is -2.05. The van der Waals surface area contributed by atoms with E-state index in [9.17, 15) is 0 Å². The Balaban J connectivity index is 2.49. The number of rotatable bonds is 2. The standard InChI is InChI=1S/C11H10Cl2N2/c1-2-15-10(13)7-14-11(15)8-3-5-9(12)6-4-8/h3-7H,2H2,1H3. The number of benzene rings is 1. The maximum absolute atomic E-state index is 6.00. The zero-order valence-corrected chi connectivity index (χ0v) is 9.76. The maximum atomic E-state index is 6.00. The van der Waals surface area contributed by atoms with Gasteiger partial charge in [-0.05, 0) is 31.2 Å². The predicted octanol–water partition coefficient (Wildman–Crippen LogP) is 3.88. The molecule has 0 N–H and O–H groups in total. The van der Waals surface area contributed by atoms with Crippen molar-refractivity contribution in [1.29, 1.82) is 0 Å². The van der Waals surface area contributed by atoms with E-state index in [1.807, 2.05) is 35.8 Å². The first-order valence-electron chi connectivity index (χ1n) is 4.69. The Hall–Kier alpha value is -0.990. The molecule has 0 aliphatic carbocycles. The van der Waals surface area contributed by atoms with Crippen LogP contribution in [0.1, 0.15) is 6.92 Å². The molecule has 0 spiro atoms. The highest BCUT2D eigenvalue weighted by Gasteiger charge is 2.08. The summed E-state index contributed by atoms with van der Waals surface area (Å²) in [4.78, 5) is 4.27. The van der Waals surface area contributed by atoms with E-state index < -0.39 is 0 Å². The Bertz CT molecular complexity index is 460. The van der Waals surface area contributed by atoms with Gasteiger partial charge < -0.3 is 4.57 Å². The fourth-order valence-electron chi connectivity index (χ4n) is 1.49. The summed E-state index contributed by atoms with van der Waals surface area (Å²) in [5.74, 6) is 0.874. The summed E-state index contributed by atoms with van der Waals surface area (Å²) in [6, 6.07) is 7.57. The highest BCUT2D eigenvalue weighted by molar-refractivity contribution is 6.30. The van der Waals surface area contributed by atoms with Crippen LogP contribution >= 0.6 is 23.2 Å². The molecule has 0 aliphatic rings. The first kappa shape index (κ1) is 10.5. The zero-order chi connectivity index (χ0) is 10.8. The van der Waals surface area contributed by atoms with E-state index in [0.717, 1.165) is 23.0 Å². The van der Waals surface area contributed by atoms with Crippen molar-refractivity contribution in [3.63, 3.8) is 0 Å². The van der Waals surface area contributed by atoms with Crippen molar-refractivity contribution in [3.8, 4) is 11.4 Å². The average molecular weight is 241 g/mol. The van der Waals surface area contributed by atoms with Crippen molar-refractivity contribution < 1.29 is 0 Å². The third-order valence-corrected chi connectivity index (χ3v) is 2.78. The van der Waals surface area contributed by atoms with Crippen molar-refractivity contribution >= 4 is 23.2 Å². The predicted molar refractivity (Wildman–Crippen MR) is 63.4 cm³/mol. The van der Waals surface area contributed by atoms with Gasteiger partial charge in [-0.2, -0.15) is 0 Å². The van der Waals surface area contributed by atoms with Crippen molar-refractivity contribution in [3.05, 3.63) is 40.6 Å². The molecule has 0 saturated heterocycles. The Morgan fingerprint density at radius 1 is 1.20 bits per heavy atom. The monoisotopic (exact) mass is 240 g/mol. The summed E-state index contributed by atoms with van der Waals surface area (Å²) in [5.41, 5.74) is 1.02. The van der Waals surface area contributed by atoms with Gasteiger partial charge in [-0.1, -0.05) is 23.2 Å². The van der Waals surface area contributed by atoms with Gasteiger partial charge >= 0.3 is 0 Å². The number of imidazole rings is 1. The third-order valence-electron chi connectivity index (χ3n) is 2.23. The Labute approximate surface area is 98.5 Å². The summed E-state index contributed by atoms with van der Waals surface area (Å²) in [5, 5.41) is 1.38. The third kappa shape index (κ3) is 2.01. The van der Waals surface area contributed by atoms with Crippen LogP contribution in [0.4, 0.5) is 0 Å². The number of aromatic nitrogens is 2. The van der Waals surface area contributed by atoms with E-state index in [2.05, 4.69) is 4.98 Å². The molecule has 15 heavy (non-hydrogen) atoms. The molecule has 0 bridgehead atoms. The van der Waals surface area contributed by atoms with Gasteiger partial charge in [-0.3, -0.25) is 0 Å². The van der Waals surface area contributed by atoms with Crippen molar-refractivity contribution in [2.24, 2.45) is 0 Å². The fourth-order valence-corrected chi connectivity index (χ4v) is 1.86. The van der Waals surface area contributed by atoms with Gasteiger partial charge in [-0.25, -0.2) is 4.98 Å². The van der Waals surface area contributed by atoms with Crippen molar-refractivity contribution in [1.82, 2.24) is 9.55 Å². The molecule has 0 saturated carbocycles. The quantitative estimate of drug-likeness (QED) is 0.780. The number of nitrogens with zero attached hydrogens (tertiary/aromatic N) is 2. The second-order valence-corrected chi connectivity index (χ2v) is 3.98. The average Bonchev–Trinajstić information content (AvgIpc) is 2.61. The van der Waals surface area contributed by atoms with Gasteiger partial charge in [0.1, 0.15) is 11.0 Å². The molecule has 2 rings (SSSR count). The largest absolute Gasteiger partial charge is 0.315 e. The van der Waals surface area contributed by atoms with Crippen LogP contribution in [-0.4, -0.2) is 9.55 Å². The number of hydrogen-bond acceptors (Lipinski definition) is 1. The van der Waals surface area contributed by atoms with Crippen LogP contribution in [0.25, 0.3) is 11.4 Å². The van der Waals surface area contributed by atoms with E-state index in [-0.39, 0.29) is 0 Å². The molecular weight excluding hydrogens is 231 g/mol. The van der Waals surface area contributed by atoms with E-state index in [4.69, 9.17) is 23.2 Å². The van der Waals surface area contributed by atoms with Crippen LogP contribution < -0.4 is 0 Å². The Kier molecular flexibility index (Phi) is 2.98. The van der Waals surface area contributed by atoms with Crippen LogP contribution in [0, 0.1) is 0 Å². The lowest BCUT2D eigenvalue weighted by molar-refractivity contribution is 0.771. The van der Waals surface area contributed by atoms with Crippen LogP contribution in [0.5, 0.6) is 0 Å². The molecule has 0 fully saturated rings. The number of hydrogen-bond donors (Lipinski definition) is 0. The van der Waals surface area contributed by atoms with E-state index >= 15 is 0 Å². The molecule has 0 unspecified atom stereocenters. The fraction of sp³-hybridized carbons (Fsp3) is 0.182. The molecule has 2 aromatic rings. The van der Waals surface area contributed by atoms with Crippen LogP contribution in [0.3, 0.4) is 0 Å². The lowest BCUT2D eigenvalue weighted by atomic mass is 10.2. The highest BCUT2D eigenvalue weighted by Crippen LogP contribution is 2.23. The highest BCUT2D eigenvalue weighted by atomic mass is 35.5. The van der Waals surface area contributed by atoms with Gasteiger partial charge in [0.2, 0.25) is 0 Å².